The maximum atomic E-state index is 13.2. The molecule has 5 nitrogen and oxygen atoms in total. The topological polar surface area (TPSA) is 61.4 Å². The summed E-state index contributed by atoms with van der Waals surface area (Å²) in [5, 5.41) is 6.94. The van der Waals surface area contributed by atoms with Crippen molar-refractivity contribution in [3.8, 4) is 0 Å². The van der Waals surface area contributed by atoms with E-state index >= 15 is 0 Å². The maximum Gasteiger partial charge on any atom is 0.225 e. The van der Waals surface area contributed by atoms with Gasteiger partial charge in [0, 0.05) is 31.6 Å². The molecule has 1 heterocycles. The van der Waals surface area contributed by atoms with E-state index in [9.17, 15) is 9.59 Å². The van der Waals surface area contributed by atoms with E-state index in [0.717, 1.165) is 23.2 Å². The van der Waals surface area contributed by atoms with Gasteiger partial charge in [0.2, 0.25) is 11.8 Å². The minimum absolute atomic E-state index is 0. The highest BCUT2D eigenvalue weighted by Crippen LogP contribution is 2.27. The molecule has 1 aliphatic heterocycles. The minimum atomic E-state index is -0.347. The number of hydrogen-bond donors (Lipinski definition) is 2. The smallest absolute Gasteiger partial charge is 0.225 e. The molecule has 1 fully saturated rings. The fourth-order valence-electron chi connectivity index (χ4n) is 3.60. The summed E-state index contributed by atoms with van der Waals surface area (Å²) < 4.78 is 0. The fraction of sp³-hybridized carbons (Fsp3) is 0.364. The highest BCUT2D eigenvalue weighted by molar-refractivity contribution is 6.30. The molecule has 0 saturated carbocycles. The summed E-state index contributed by atoms with van der Waals surface area (Å²) in [7, 11) is 0. The van der Waals surface area contributed by atoms with Gasteiger partial charge in [0.15, 0.2) is 0 Å². The van der Waals surface area contributed by atoms with Crippen molar-refractivity contribution < 1.29 is 9.59 Å². The number of nitrogens with one attached hydrogen (secondary N) is 2. The summed E-state index contributed by atoms with van der Waals surface area (Å²) in [5.41, 5.74) is 3.09. The Kier molecular flexibility index (Phi) is 8.50. The van der Waals surface area contributed by atoms with Gasteiger partial charge in [-0.3, -0.25) is 9.59 Å². The first-order valence-corrected chi connectivity index (χ1v) is 9.91. The van der Waals surface area contributed by atoms with Gasteiger partial charge in [0.25, 0.3) is 0 Å². The molecule has 0 aliphatic carbocycles. The lowest BCUT2D eigenvalue weighted by Crippen LogP contribution is -2.49. The van der Waals surface area contributed by atoms with E-state index in [-0.39, 0.29) is 42.7 Å². The molecule has 156 valence electrons. The average molecular weight is 436 g/mol. The van der Waals surface area contributed by atoms with Crippen molar-refractivity contribution in [3.63, 3.8) is 0 Å². The summed E-state index contributed by atoms with van der Waals surface area (Å²) in [6, 6.07) is 15.1. The Morgan fingerprint density at radius 2 is 1.97 bits per heavy atom. The van der Waals surface area contributed by atoms with Gasteiger partial charge in [0.1, 0.15) is 0 Å². The molecular weight excluding hydrogens is 409 g/mol. The Bertz CT molecular complexity index is 842. The second-order valence-electron chi connectivity index (χ2n) is 7.23. The Hall–Kier alpha value is -2.08. The van der Waals surface area contributed by atoms with Gasteiger partial charge in [-0.05, 0) is 30.2 Å². The lowest BCUT2D eigenvalue weighted by atomic mass is 9.99. The number of rotatable bonds is 5. The second kappa shape index (κ2) is 10.6. The zero-order chi connectivity index (χ0) is 20.1. The summed E-state index contributed by atoms with van der Waals surface area (Å²) in [5.74, 6) is -0.129. The quantitative estimate of drug-likeness (QED) is 0.750. The largest absolute Gasteiger partial charge is 0.349 e. The van der Waals surface area contributed by atoms with E-state index in [2.05, 4.69) is 10.6 Å². The molecular formula is C22H27Cl2N3O2. The van der Waals surface area contributed by atoms with Crippen molar-refractivity contribution in [2.75, 3.05) is 19.6 Å². The van der Waals surface area contributed by atoms with Crippen LogP contribution < -0.4 is 10.6 Å². The molecule has 0 aromatic heterocycles. The van der Waals surface area contributed by atoms with Crippen molar-refractivity contribution in [3.05, 3.63) is 70.2 Å². The van der Waals surface area contributed by atoms with Crippen LogP contribution in [0.25, 0.3) is 0 Å². The molecule has 0 radical (unpaired) electrons. The number of hydrogen-bond acceptors (Lipinski definition) is 3. The Labute approximate surface area is 183 Å². The number of carbonyl (C=O) groups excluding carboxylic acids is 2. The first kappa shape index (κ1) is 23.2. The SMILES string of the molecule is CC(=O)NC(CC(=O)N1CCNCC1c1cccc(Cl)c1)c1ccc(C)cc1.Cl. The van der Waals surface area contributed by atoms with Crippen LogP contribution in [0.3, 0.4) is 0 Å². The van der Waals surface area contributed by atoms with Crippen molar-refractivity contribution in [1.82, 2.24) is 15.5 Å². The van der Waals surface area contributed by atoms with Gasteiger partial charge < -0.3 is 15.5 Å². The number of piperazine rings is 1. The van der Waals surface area contributed by atoms with Crippen LogP contribution in [-0.2, 0) is 9.59 Å². The maximum absolute atomic E-state index is 13.2. The highest BCUT2D eigenvalue weighted by Gasteiger charge is 2.30. The monoisotopic (exact) mass is 435 g/mol. The van der Waals surface area contributed by atoms with Gasteiger partial charge in [-0.2, -0.15) is 0 Å². The van der Waals surface area contributed by atoms with Crippen molar-refractivity contribution >= 4 is 35.8 Å². The predicted octanol–water partition coefficient (Wildman–Crippen LogP) is 3.81. The lowest BCUT2D eigenvalue weighted by molar-refractivity contribution is -0.135. The van der Waals surface area contributed by atoms with Crippen molar-refractivity contribution in [1.29, 1.82) is 0 Å². The van der Waals surface area contributed by atoms with Crippen LogP contribution in [-0.4, -0.2) is 36.3 Å². The normalized spacial score (nSPS) is 17.2. The number of halogens is 2. The highest BCUT2D eigenvalue weighted by atomic mass is 35.5. The summed E-state index contributed by atoms with van der Waals surface area (Å²) in [4.78, 5) is 26.8. The van der Waals surface area contributed by atoms with Gasteiger partial charge in [-0.1, -0.05) is 53.6 Å². The van der Waals surface area contributed by atoms with E-state index in [4.69, 9.17) is 11.6 Å². The van der Waals surface area contributed by atoms with Gasteiger partial charge in [-0.25, -0.2) is 0 Å². The summed E-state index contributed by atoms with van der Waals surface area (Å²) >= 11 is 6.15. The molecule has 7 heteroatoms. The molecule has 2 amide bonds. The predicted molar refractivity (Wildman–Crippen MR) is 118 cm³/mol. The summed E-state index contributed by atoms with van der Waals surface area (Å²) in [6.45, 7) is 5.54. The Morgan fingerprint density at radius 3 is 2.62 bits per heavy atom. The third-order valence-corrected chi connectivity index (χ3v) is 5.27. The Morgan fingerprint density at radius 1 is 1.24 bits per heavy atom. The van der Waals surface area contributed by atoms with Crippen molar-refractivity contribution in [2.45, 2.75) is 32.4 Å². The van der Waals surface area contributed by atoms with E-state index in [1.165, 1.54) is 6.92 Å². The van der Waals surface area contributed by atoms with Crippen LogP contribution in [0.2, 0.25) is 5.02 Å². The first-order chi connectivity index (χ1) is 13.4. The van der Waals surface area contributed by atoms with E-state index in [0.29, 0.717) is 18.1 Å². The number of amides is 2. The molecule has 29 heavy (non-hydrogen) atoms. The summed E-state index contributed by atoms with van der Waals surface area (Å²) in [6.07, 6.45) is 0.222. The number of nitrogens with zero attached hydrogens (tertiary/aromatic N) is 1. The van der Waals surface area contributed by atoms with Crippen LogP contribution in [0.4, 0.5) is 0 Å². The lowest BCUT2D eigenvalue weighted by Gasteiger charge is -2.37. The standard InChI is InChI=1S/C22H26ClN3O2.ClH/c1-15-6-8-17(9-7-15)20(25-16(2)27)13-22(28)26-11-10-24-14-21(26)18-4-3-5-19(23)12-18;/h3-9,12,20-21,24H,10-11,13-14H2,1-2H3,(H,25,27);1H. The van der Waals surface area contributed by atoms with Gasteiger partial charge >= 0.3 is 0 Å². The molecule has 2 aromatic rings. The second-order valence-corrected chi connectivity index (χ2v) is 7.67. The number of carbonyl (C=O) groups is 2. The average Bonchev–Trinajstić information content (AvgIpc) is 2.67. The van der Waals surface area contributed by atoms with Crippen LogP contribution in [0.5, 0.6) is 0 Å². The van der Waals surface area contributed by atoms with Crippen LogP contribution in [0, 0.1) is 6.92 Å². The van der Waals surface area contributed by atoms with Gasteiger partial charge in [-0.15, -0.1) is 12.4 Å². The molecule has 2 N–H and O–H groups in total. The number of aryl methyl sites for hydroxylation is 1. The first-order valence-electron chi connectivity index (χ1n) is 9.53. The molecule has 2 unspecified atom stereocenters. The molecule has 0 spiro atoms. The van der Waals surface area contributed by atoms with Crippen molar-refractivity contribution in [2.24, 2.45) is 0 Å². The molecule has 1 saturated heterocycles. The van der Waals surface area contributed by atoms with Crippen LogP contribution in [0.1, 0.15) is 42.1 Å². The van der Waals surface area contributed by atoms with Gasteiger partial charge in [0.05, 0.1) is 18.5 Å². The van der Waals surface area contributed by atoms with E-state index < -0.39 is 0 Å². The molecule has 2 aromatic carbocycles. The minimum Gasteiger partial charge on any atom is -0.349 e. The third kappa shape index (κ3) is 6.20. The van der Waals surface area contributed by atoms with E-state index in [1.807, 2.05) is 60.4 Å². The molecule has 3 rings (SSSR count). The number of benzene rings is 2. The van der Waals surface area contributed by atoms with E-state index in [1.54, 1.807) is 0 Å². The third-order valence-electron chi connectivity index (χ3n) is 5.03. The zero-order valence-electron chi connectivity index (χ0n) is 16.7. The van der Waals surface area contributed by atoms with Crippen LogP contribution in [0.15, 0.2) is 48.5 Å². The molecule has 0 bridgehead atoms. The zero-order valence-corrected chi connectivity index (χ0v) is 18.2. The fourth-order valence-corrected chi connectivity index (χ4v) is 3.80. The molecule has 2 atom stereocenters. The molecule has 1 aliphatic rings. The Balaban J connectivity index is 0.00000300. The van der Waals surface area contributed by atoms with Crippen LogP contribution >= 0.6 is 24.0 Å².